The first-order valence-corrected chi connectivity index (χ1v) is 19.6. The van der Waals surface area contributed by atoms with Gasteiger partial charge in [0.2, 0.25) is 0 Å². The minimum atomic E-state index is -5.08. The number of halogens is 6. The first kappa shape index (κ1) is 38.5. The average molecular weight is 829 g/mol. The summed E-state index contributed by atoms with van der Waals surface area (Å²) in [6.45, 7) is 0. The zero-order chi connectivity index (χ0) is 42.9. The maximum atomic E-state index is 15.4. The summed E-state index contributed by atoms with van der Waals surface area (Å²) < 4.78 is 87.0. The summed E-state index contributed by atoms with van der Waals surface area (Å²) in [5.74, 6) is -1.24. The number of amides is 2. The molecule has 0 aliphatic carbocycles. The Balaban J connectivity index is 1.24. The van der Waals surface area contributed by atoms with Crippen molar-refractivity contribution in [3.63, 3.8) is 0 Å². The van der Waals surface area contributed by atoms with E-state index in [0.717, 1.165) is 22.3 Å². The topological polar surface area (TPSA) is 42.3 Å². The lowest BCUT2D eigenvalue weighted by molar-refractivity contribution is -0.143. The van der Waals surface area contributed by atoms with Crippen molar-refractivity contribution in [2.45, 2.75) is 12.4 Å². The highest BCUT2D eigenvalue weighted by atomic mass is 19.4. The van der Waals surface area contributed by atoms with E-state index in [1.165, 1.54) is 11.0 Å². The summed E-state index contributed by atoms with van der Waals surface area (Å²) in [6, 6.07) is 50.7. The third kappa shape index (κ3) is 6.34. The van der Waals surface area contributed by atoms with Crippen molar-refractivity contribution in [1.82, 2.24) is 4.57 Å². The van der Waals surface area contributed by atoms with Crippen LogP contribution in [0.2, 0.25) is 0 Å². The van der Waals surface area contributed by atoms with E-state index in [4.69, 9.17) is 0 Å². The van der Waals surface area contributed by atoms with Gasteiger partial charge in [0.05, 0.1) is 44.7 Å². The number of carbonyl (C=O) groups is 2. The molecule has 9 aromatic rings. The summed E-state index contributed by atoms with van der Waals surface area (Å²) in [4.78, 5) is 31.6. The molecule has 1 aliphatic heterocycles. The van der Waals surface area contributed by atoms with Gasteiger partial charge in [0.1, 0.15) is 0 Å². The number of benzene rings is 8. The van der Waals surface area contributed by atoms with Gasteiger partial charge in [-0.05, 0) is 76.3 Å². The first-order chi connectivity index (χ1) is 29.9. The summed E-state index contributed by atoms with van der Waals surface area (Å²) in [6.07, 6.45) is -10.2. The number of aromatic nitrogens is 1. The number of imide groups is 1. The van der Waals surface area contributed by atoms with Gasteiger partial charge in [-0.3, -0.25) is 9.59 Å². The molecule has 1 aliphatic rings. The van der Waals surface area contributed by atoms with Gasteiger partial charge in [-0.1, -0.05) is 133 Å². The summed E-state index contributed by atoms with van der Waals surface area (Å²) in [5.41, 5.74) is 2.81. The highest BCUT2D eigenvalue weighted by molar-refractivity contribution is 6.37. The highest BCUT2D eigenvalue weighted by Gasteiger charge is 2.42. The SMILES string of the molecule is O=C1c2cccc(-n3c4ccccc4c4cccc(-c5cc(C(F)(F)F)cc(C(F)(F)F)c5)c43)c2C(=O)N1c1c(-c2ccccc2)cc(-c2ccccc2)cc1-c1ccccc1. The van der Waals surface area contributed by atoms with Gasteiger partial charge < -0.3 is 4.57 Å². The molecule has 0 bridgehead atoms. The van der Waals surface area contributed by atoms with Crippen LogP contribution in [0.15, 0.2) is 182 Å². The van der Waals surface area contributed by atoms with Crippen molar-refractivity contribution < 1.29 is 35.9 Å². The maximum absolute atomic E-state index is 15.4. The van der Waals surface area contributed by atoms with Crippen molar-refractivity contribution in [3.8, 4) is 50.2 Å². The van der Waals surface area contributed by atoms with Gasteiger partial charge in [0, 0.05) is 27.5 Å². The van der Waals surface area contributed by atoms with Gasteiger partial charge in [-0.15, -0.1) is 0 Å². The van der Waals surface area contributed by atoms with Crippen LogP contribution >= 0.6 is 0 Å². The van der Waals surface area contributed by atoms with E-state index in [0.29, 0.717) is 45.2 Å². The van der Waals surface area contributed by atoms with E-state index in [1.807, 2.05) is 103 Å². The Kier molecular flexibility index (Phi) is 8.99. The molecule has 0 unspecified atom stereocenters. The summed E-state index contributed by atoms with van der Waals surface area (Å²) >= 11 is 0. The van der Waals surface area contributed by atoms with E-state index in [2.05, 4.69) is 0 Å². The van der Waals surface area contributed by atoms with Gasteiger partial charge in [-0.25, -0.2) is 4.90 Å². The largest absolute Gasteiger partial charge is 0.416 e. The third-order valence-corrected chi connectivity index (χ3v) is 11.3. The van der Waals surface area contributed by atoms with E-state index >= 15 is 9.59 Å². The zero-order valence-corrected chi connectivity index (χ0v) is 32.3. The Morgan fingerprint density at radius 3 is 1.47 bits per heavy atom. The second-order valence-electron chi connectivity index (χ2n) is 15.0. The van der Waals surface area contributed by atoms with E-state index in [9.17, 15) is 26.3 Å². The Labute approximate surface area is 350 Å². The molecular formula is C52H30F6N2O2. The molecule has 4 nitrogen and oxygen atoms in total. The molecule has 10 heteroatoms. The number of nitrogens with zero attached hydrogens (tertiary/aromatic N) is 2. The number of rotatable bonds is 6. The lowest BCUT2D eigenvalue weighted by atomic mass is 9.90. The Bertz CT molecular complexity index is 3150. The quantitative estimate of drug-likeness (QED) is 0.124. The highest BCUT2D eigenvalue weighted by Crippen LogP contribution is 2.48. The molecule has 0 N–H and O–H groups in total. The lowest BCUT2D eigenvalue weighted by Gasteiger charge is -2.24. The third-order valence-electron chi connectivity index (χ3n) is 11.3. The standard InChI is InChI=1S/C52H30F6N2O2/c53-51(54,55)36-26-35(27-37(30-36)52(56,57)58)38-21-12-22-40-39-20-10-11-24-44(39)59(47(38)40)45-25-13-23-41-46(45)50(62)60(49(41)61)48-42(32-16-6-2-7-17-32)28-34(31-14-4-1-5-15-31)29-43(48)33-18-8-3-9-19-33/h1-30H. The van der Waals surface area contributed by atoms with Crippen LogP contribution in [0.1, 0.15) is 31.8 Å². The Morgan fingerprint density at radius 2 is 0.887 bits per heavy atom. The molecule has 1 aromatic heterocycles. The molecule has 0 spiro atoms. The van der Waals surface area contributed by atoms with E-state index in [-0.39, 0.29) is 39.5 Å². The van der Waals surface area contributed by atoms with Crippen LogP contribution in [0.3, 0.4) is 0 Å². The monoisotopic (exact) mass is 828 g/mol. The van der Waals surface area contributed by atoms with Gasteiger partial charge >= 0.3 is 12.4 Å². The smallest absolute Gasteiger partial charge is 0.308 e. The number of alkyl halides is 6. The van der Waals surface area contributed by atoms with Crippen LogP contribution < -0.4 is 4.90 Å². The molecule has 8 aromatic carbocycles. The second-order valence-corrected chi connectivity index (χ2v) is 15.0. The fraction of sp³-hybridized carbons (Fsp3) is 0.0385. The van der Waals surface area contributed by atoms with Crippen LogP contribution in [-0.2, 0) is 12.4 Å². The van der Waals surface area contributed by atoms with Crippen molar-refractivity contribution >= 4 is 39.3 Å². The molecular weight excluding hydrogens is 799 g/mol. The first-order valence-electron chi connectivity index (χ1n) is 19.6. The number of fused-ring (bicyclic) bond motifs is 4. The van der Waals surface area contributed by atoms with Crippen molar-refractivity contribution in [2.75, 3.05) is 4.90 Å². The fourth-order valence-corrected chi connectivity index (χ4v) is 8.62. The maximum Gasteiger partial charge on any atom is 0.416 e. The van der Waals surface area contributed by atoms with Crippen molar-refractivity contribution in [2.24, 2.45) is 0 Å². The molecule has 302 valence electrons. The molecule has 0 saturated heterocycles. The molecule has 10 rings (SSSR count). The van der Waals surface area contributed by atoms with Crippen molar-refractivity contribution in [3.05, 3.63) is 204 Å². The van der Waals surface area contributed by atoms with Gasteiger partial charge in [0.15, 0.2) is 0 Å². The molecule has 0 fully saturated rings. The summed E-state index contributed by atoms with van der Waals surface area (Å²) in [7, 11) is 0. The summed E-state index contributed by atoms with van der Waals surface area (Å²) in [5, 5.41) is 1.15. The van der Waals surface area contributed by atoms with Crippen LogP contribution in [0.4, 0.5) is 32.0 Å². The lowest BCUT2D eigenvalue weighted by Crippen LogP contribution is -2.30. The average Bonchev–Trinajstić information content (AvgIpc) is 3.76. The molecule has 62 heavy (non-hydrogen) atoms. The van der Waals surface area contributed by atoms with Crippen LogP contribution in [0, 0.1) is 0 Å². The molecule has 0 radical (unpaired) electrons. The van der Waals surface area contributed by atoms with Gasteiger partial charge in [-0.2, -0.15) is 26.3 Å². The van der Waals surface area contributed by atoms with E-state index < -0.39 is 35.3 Å². The predicted octanol–water partition coefficient (Wildman–Crippen LogP) is 14.3. The molecule has 0 atom stereocenters. The normalized spacial score (nSPS) is 13.0. The number of hydrogen-bond donors (Lipinski definition) is 0. The predicted molar refractivity (Wildman–Crippen MR) is 230 cm³/mol. The Hall–Kier alpha value is -7.72. The number of carbonyl (C=O) groups excluding carboxylic acids is 2. The van der Waals surface area contributed by atoms with Crippen LogP contribution in [0.5, 0.6) is 0 Å². The number of anilines is 1. The fourth-order valence-electron chi connectivity index (χ4n) is 8.62. The van der Waals surface area contributed by atoms with E-state index in [1.54, 1.807) is 59.2 Å². The van der Waals surface area contributed by atoms with Crippen LogP contribution in [0.25, 0.3) is 72.0 Å². The number of hydrogen-bond acceptors (Lipinski definition) is 2. The zero-order valence-electron chi connectivity index (χ0n) is 32.3. The van der Waals surface area contributed by atoms with Gasteiger partial charge in [0.25, 0.3) is 11.8 Å². The minimum Gasteiger partial charge on any atom is -0.308 e. The molecule has 2 heterocycles. The van der Waals surface area contributed by atoms with Crippen molar-refractivity contribution in [1.29, 1.82) is 0 Å². The van der Waals surface area contributed by atoms with Crippen LogP contribution in [-0.4, -0.2) is 16.4 Å². The molecule has 0 saturated carbocycles. The Morgan fingerprint density at radius 1 is 0.387 bits per heavy atom. The molecule has 2 amide bonds. The second kappa shape index (κ2) is 14.5. The number of para-hydroxylation sites is 2. The minimum absolute atomic E-state index is 0.0279.